The van der Waals surface area contributed by atoms with Crippen LogP contribution < -0.4 is 4.90 Å². The SMILES string of the molecule is O=C(O)N1CCN(Cc2ccc(N3CCOCC3)cc2C(F)(F)F)CC1. The molecular formula is C17H22F3N3O3. The van der Waals surface area contributed by atoms with Gasteiger partial charge in [0, 0.05) is 51.5 Å². The number of piperazine rings is 1. The molecule has 3 rings (SSSR count). The average Bonchev–Trinajstić information content (AvgIpc) is 2.62. The lowest BCUT2D eigenvalue weighted by molar-refractivity contribution is -0.138. The molecule has 144 valence electrons. The first-order valence-corrected chi connectivity index (χ1v) is 8.57. The first kappa shape index (κ1) is 18.8. The fourth-order valence-electron chi connectivity index (χ4n) is 3.32. The Morgan fingerprint density at radius 1 is 1.08 bits per heavy atom. The summed E-state index contributed by atoms with van der Waals surface area (Å²) in [4.78, 5) is 16.0. The lowest BCUT2D eigenvalue weighted by Crippen LogP contribution is -2.47. The normalized spacial score (nSPS) is 19.7. The van der Waals surface area contributed by atoms with Crippen molar-refractivity contribution in [2.24, 2.45) is 0 Å². The molecule has 2 heterocycles. The van der Waals surface area contributed by atoms with Crippen LogP contribution in [0, 0.1) is 0 Å². The summed E-state index contributed by atoms with van der Waals surface area (Å²) in [6, 6.07) is 4.48. The van der Waals surface area contributed by atoms with Gasteiger partial charge in [-0.2, -0.15) is 13.2 Å². The van der Waals surface area contributed by atoms with E-state index in [0.29, 0.717) is 58.2 Å². The Balaban J connectivity index is 1.75. The lowest BCUT2D eigenvalue weighted by atomic mass is 10.0. The molecule has 0 radical (unpaired) electrons. The molecule has 0 aliphatic carbocycles. The number of hydrogen-bond donors (Lipinski definition) is 1. The minimum atomic E-state index is -4.43. The molecule has 2 aliphatic rings. The molecule has 0 unspecified atom stereocenters. The minimum absolute atomic E-state index is 0.158. The second-order valence-corrected chi connectivity index (χ2v) is 6.48. The van der Waals surface area contributed by atoms with Crippen LogP contribution in [-0.4, -0.2) is 73.5 Å². The molecule has 0 bridgehead atoms. The van der Waals surface area contributed by atoms with Crippen molar-refractivity contribution in [1.29, 1.82) is 0 Å². The Labute approximate surface area is 149 Å². The molecule has 0 saturated carbocycles. The second kappa shape index (κ2) is 7.71. The van der Waals surface area contributed by atoms with Crippen LogP contribution in [0.5, 0.6) is 0 Å². The third-order valence-corrected chi connectivity index (χ3v) is 4.81. The topological polar surface area (TPSA) is 56.2 Å². The summed E-state index contributed by atoms with van der Waals surface area (Å²) in [6.07, 6.45) is -5.42. The van der Waals surface area contributed by atoms with Crippen LogP contribution in [0.15, 0.2) is 18.2 Å². The fraction of sp³-hybridized carbons (Fsp3) is 0.588. The quantitative estimate of drug-likeness (QED) is 0.882. The van der Waals surface area contributed by atoms with Crippen LogP contribution in [0.25, 0.3) is 0 Å². The van der Waals surface area contributed by atoms with Crippen molar-refractivity contribution in [2.45, 2.75) is 12.7 Å². The summed E-state index contributed by atoms with van der Waals surface area (Å²) in [6.45, 7) is 3.80. The molecule has 9 heteroatoms. The van der Waals surface area contributed by atoms with Crippen molar-refractivity contribution in [1.82, 2.24) is 9.80 Å². The van der Waals surface area contributed by atoms with Gasteiger partial charge in [-0.15, -0.1) is 0 Å². The van der Waals surface area contributed by atoms with Crippen molar-refractivity contribution in [3.05, 3.63) is 29.3 Å². The van der Waals surface area contributed by atoms with Gasteiger partial charge in [0.2, 0.25) is 0 Å². The highest BCUT2D eigenvalue weighted by atomic mass is 19.4. The van der Waals surface area contributed by atoms with Gasteiger partial charge in [-0.25, -0.2) is 4.79 Å². The van der Waals surface area contributed by atoms with Gasteiger partial charge < -0.3 is 19.6 Å². The molecule has 2 saturated heterocycles. The van der Waals surface area contributed by atoms with E-state index in [9.17, 15) is 18.0 Å². The van der Waals surface area contributed by atoms with Gasteiger partial charge in [-0.3, -0.25) is 4.90 Å². The number of halogens is 3. The number of anilines is 1. The van der Waals surface area contributed by atoms with E-state index in [1.807, 2.05) is 9.80 Å². The summed E-state index contributed by atoms with van der Waals surface area (Å²) in [5, 5.41) is 8.96. The third-order valence-electron chi connectivity index (χ3n) is 4.81. The van der Waals surface area contributed by atoms with E-state index in [1.165, 1.54) is 17.0 Å². The van der Waals surface area contributed by atoms with Gasteiger partial charge in [0.15, 0.2) is 0 Å². The van der Waals surface area contributed by atoms with Crippen molar-refractivity contribution in [2.75, 3.05) is 57.4 Å². The van der Waals surface area contributed by atoms with Crippen LogP contribution >= 0.6 is 0 Å². The first-order chi connectivity index (χ1) is 12.3. The first-order valence-electron chi connectivity index (χ1n) is 8.57. The molecule has 0 atom stereocenters. The Morgan fingerprint density at radius 2 is 1.73 bits per heavy atom. The molecule has 1 aromatic carbocycles. The van der Waals surface area contributed by atoms with Gasteiger partial charge in [-0.1, -0.05) is 6.07 Å². The highest BCUT2D eigenvalue weighted by molar-refractivity contribution is 5.65. The highest BCUT2D eigenvalue weighted by Gasteiger charge is 2.35. The average molecular weight is 373 g/mol. The maximum atomic E-state index is 13.6. The number of morpholine rings is 1. The fourth-order valence-corrected chi connectivity index (χ4v) is 3.32. The van der Waals surface area contributed by atoms with Crippen LogP contribution in [0.2, 0.25) is 0 Å². The number of benzene rings is 1. The zero-order chi connectivity index (χ0) is 18.7. The smallest absolute Gasteiger partial charge is 0.416 e. The van der Waals surface area contributed by atoms with E-state index in [4.69, 9.17) is 9.84 Å². The number of hydrogen-bond acceptors (Lipinski definition) is 4. The van der Waals surface area contributed by atoms with E-state index >= 15 is 0 Å². The molecule has 1 N–H and O–H groups in total. The molecule has 1 aromatic rings. The van der Waals surface area contributed by atoms with Crippen molar-refractivity contribution >= 4 is 11.8 Å². The predicted molar refractivity (Wildman–Crippen MR) is 89.4 cm³/mol. The van der Waals surface area contributed by atoms with Crippen molar-refractivity contribution in [3.8, 4) is 0 Å². The zero-order valence-corrected chi connectivity index (χ0v) is 14.3. The van der Waals surface area contributed by atoms with Crippen LogP contribution in [-0.2, 0) is 17.5 Å². The monoisotopic (exact) mass is 373 g/mol. The third kappa shape index (κ3) is 4.39. The minimum Gasteiger partial charge on any atom is -0.465 e. The van der Waals surface area contributed by atoms with E-state index in [2.05, 4.69) is 0 Å². The zero-order valence-electron chi connectivity index (χ0n) is 14.3. The Morgan fingerprint density at radius 3 is 2.31 bits per heavy atom. The van der Waals surface area contributed by atoms with Gasteiger partial charge in [0.05, 0.1) is 18.8 Å². The van der Waals surface area contributed by atoms with Gasteiger partial charge >= 0.3 is 12.3 Å². The summed E-state index contributed by atoms with van der Waals surface area (Å²) in [5.74, 6) is 0. The Bertz CT molecular complexity index is 640. The number of carbonyl (C=O) groups is 1. The number of ether oxygens (including phenoxy) is 1. The standard InChI is InChI=1S/C17H22F3N3O3/c18-17(19,20)15-11-14(22-7-9-26-10-8-22)2-1-13(15)12-21-3-5-23(6-4-21)16(24)25/h1-2,11H,3-10,12H2,(H,24,25). The molecule has 6 nitrogen and oxygen atoms in total. The maximum Gasteiger partial charge on any atom is 0.416 e. The molecule has 0 aromatic heterocycles. The highest BCUT2D eigenvalue weighted by Crippen LogP contribution is 2.35. The van der Waals surface area contributed by atoms with Gasteiger partial charge in [0.1, 0.15) is 0 Å². The number of carboxylic acid groups (broad SMARTS) is 1. The van der Waals surface area contributed by atoms with Crippen LogP contribution in [0.1, 0.15) is 11.1 Å². The lowest BCUT2D eigenvalue weighted by Gasteiger charge is -2.34. The van der Waals surface area contributed by atoms with Crippen LogP contribution in [0.3, 0.4) is 0 Å². The van der Waals surface area contributed by atoms with Crippen molar-refractivity contribution < 1.29 is 27.8 Å². The summed E-state index contributed by atoms with van der Waals surface area (Å²) >= 11 is 0. The van der Waals surface area contributed by atoms with Gasteiger partial charge in [0.25, 0.3) is 0 Å². The molecule has 0 spiro atoms. The number of nitrogens with zero attached hydrogens (tertiary/aromatic N) is 3. The number of amides is 1. The molecule has 2 aliphatic heterocycles. The second-order valence-electron chi connectivity index (χ2n) is 6.48. The van der Waals surface area contributed by atoms with E-state index < -0.39 is 17.8 Å². The summed E-state index contributed by atoms with van der Waals surface area (Å²) in [7, 11) is 0. The molecule has 26 heavy (non-hydrogen) atoms. The summed E-state index contributed by atoms with van der Waals surface area (Å²) in [5.41, 5.74) is 0.153. The predicted octanol–water partition coefficient (Wildman–Crippen LogP) is 2.34. The summed E-state index contributed by atoms with van der Waals surface area (Å²) < 4.78 is 46.0. The Hall–Kier alpha value is -2.00. The van der Waals surface area contributed by atoms with E-state index in [1.54, 1.807) is 6.07 Å². The maximum absolute atomic E-state index is 13.6. The van der Waals surface area contributed by atoms with Crippen LogP contribution in [0.4, 0.5) is 23.7 Å². The van der Waals surface area contributed by atoms with Crippen molar-refractivity contribution in [3.63, 3.8) is 0 Å². The Kier molecular flexibility index (Phi) is 5.57. The number of rotatable bonds is 3. The molecule has 1 amide bonds. The van der Waals surface area contributed by atoms with E-state index in [-0.39, 0.29) is 12.1 Å². The van der Waals surface area contributed by atoms with Gasteiger partial charge in [-0.05, 0) is 17.7 Å². The largest absolute Gasteiger partial charge is 0.465 e. The molecule has 2 fully saturated rings. The van der Waals surface area contributed by atoms with E-state index in [0.717, 1.165) is 0 Å². The molecular weight excluding hydrogens is 351 g/mol. The number of alkyl halides is 3.